The zero-order valence-corrected chi connectivity index (χ0v) is 40.6. The Balaban J connectivity index is 1.20. The third kappa shape index (κ3) is 7.46. The molecule has 0 radical (unpaired) electrons. The highest BCUT2D eigenvalue weighted by Crippen LogP contribution is 2.50. The third-order valence-corrected chi connectivity index (χ3v) is 14.0. The molecular formula is C59H68N4. The van der Waals surface area contributed by atoms with Gasteiger partial charge in [0.05, 0.1) is 22.8 Å². The summed E-state index contributed by atoms with van der Waals surface area (Å²) in [5.74, 6) is 0.483. The van der Waals surface area contributed by atoms with E-state index in [1.807, 2.05) is 0 Å². The fourth-order valence-electron chi connectivity index (χ4n) is 11.9. The van der Waals surface area contributed by atoms with Crippen molar-refractivity contribution in [1.82, 2.24) is 19.6 Å². The maximum Gasteiger partial charge on any atom is 0.128 e. The van der Waals surface area contributed by atoms with Crippen LogP contribution in [-0.4, -0.2) is 54.0 Å². The van der Waals surface area contributed by atoms with E-state index in [1.165, 1.54) is 112 Å². The van der Waals surface area contributed by atoms with Gasteiger partial charge in [0.25, 0.3) is 0 Å². The minimum absolute atomic E-state index is 0.00429. The Morgan fingerprint density at radius 1 is 0.413 bits per heavy atom. The van der Waals surface area contributed by atoms with Gasteiger partial charge in [-0.3, -0.25) is 0 Å². The van der Waals surface area contributed by atoms with Gasteiger partial charge in [0.1, 0.15) is 12.3 Å². The summed E-state index contributed by atoms with van der Waals surface area (Å²) in [6.45, 7) is 25.4. The van der Waals surface area contributed by atoms with Gasteiger partial charge in [-0.1, -0.05) is 156 Å². The number of hydrogen-bond acceptors (Lipinski definition) is 4. The highest BCUT2D eigenvalue weighted by Gasteiger charge is 2.42. The summed E-state index contributed by atoms with van der Waals surface area (Å²) in [4.78, 5) is 9.99. The van der Waals surface area contributed by atoms with Crippen LogP contribution in [0.25, 0.3) is 45.0 Å². The number of rotatable bonds is 8. The van der Waals surface area contributed by atoms with E-state index in [9.17, 15) is 0 Å². The summed E-state index contributed by atoms with van der Waals surface area (Å²) >= 11 is 0. The fraction of sp³-hybridized carbons (Fsp3) is 0.322. The molecule has 0 saturated heterocycles. The van der Waals surface area contributed by atoms with Crippen LogP contribution < -0.4 is 0 Å². The fourth-order valence-corrected chi connectivity index (χ4v) is 11.9. The summed E-state index contributed by atoms with van der Waals surface area (Å²) in [5, 5.41) is 0. The second-order valence-corrected chi connectivity index (χ2v) is 19.8. The molecule has 0 saturated carbocycles. The molecule has 63 heavy (non-hydrogen) atoms. The van der Waals surface area contributed by atoms with Crippen LogP contribution in [0.5, 0.6) is 0 Å². The third-order valence-electron chi connectivity index (χ3n) is 14.0. The van der Waals surface area contributed by atoms with Crippen LogP contribution in [0.15, 0.2) is 121 Å². The van der Waals surface area contributed by atoms with Gasteiger partial charge in [-0.15, -0.1) is 0 Å². The first-order valence-corrected chi connectivity index (χ1v) is 22.9. The minimum atomic E-state index is -0.00429. The van der Waals surface area contributed by atoms with Gasteiger partial charge in [0.2, 0.25) is 0 Å². The van der Waals surface area contributed by atoms with Crippen molar-refractivity contribution in [1.29, 1.82) is 0 Å². The van der Waals surface area contributed by atoms with E-state index in [0.29, 0.717) is 5.92 Å². The van der Waals surface area contributed by atoms with Crippen LogP contribution in [0.1, 0.15) is 113 Å². The molecule has 0 aliphatic carbocycles. The molecule has 0 N–H and O–H groups in total. The van der Waals surface area contributed by atoms with E-state index in [0.717, 1.165) is 0 Å². The van der Waals surface area contributed by atoms with Gasteiger partial charge >= 0.3 is 0 Å². The molecule has 0 aromatic heterocycles. The quantitative estimate of drug-likeness (QED) is 0.151. The Labute approximate surface area is 379 Å². The molecule has 0 spiro atoms. The molecule has 2 aliphatic heterocycles. The lowest BCUT2D eigenvalue weighted by Crippen LogP contribution is -2.45. The standard InChI is InChI=1S/C59H68N4/c1-36(2)49-37(3)34-38(4)50(41(49)7)43-26-28-44(29-27-43)51-39(5)35-40(6)52(42(51)8)57-60(12)53(45-22-18-16-19-23-45)54(61(57)13)47-30-32-48(33-31-47)56-55(46-24-20-17-21-25-46)62(14)58(63(56)15)59(9,10)11/h16-36,57-58H,1-15H3. The Hall–Kier alpha value is -6.00. The molecule has 8 rings (SSSR count). The van der Waals surface area contributed by atoms with Crippen molar-refractivity contribution in [2.24, 2.45) is 5.41 Å². The van der Waals surface area contributed by atoms with Crippen molar-refractivity contribution >= 4 is 22.8 Å². The van der Waals surface area contributed by atoms with Gasteiger partial charge in [-0.2, -0.15) is 0 Å². The molecule has 6 aromatic rings. The first-order valence-electron chi connectivity index (χ1n) is 22.9. The van der Waals surface area contributed by atoms with Crippen molar-refractivity contribution in [3.8, 4) is 22.3 Å². The lowest BCUT2D eigenvalue weighted by Gasteiger charge is -2.40. The van der Waals surface area contributed by atoms with Crippen molar-refractivity contribution in [3.63, 3.8) is 0 Å². The summed E-state index contributed by atoms with van der Waals surface area (Å²) in [5.41, 5.74) is 26.1. The van der Waals surface area contributed by atoms with Gasteiger partial charge in [0.15, 0.2) is 0 Å². The van der Waals surface area contributed by atoms with Crippen LogP contribution in [0, 0.1) is 47.0 Å². The largest absolute Gasteiger partial charge is 0.352 e. The lowest BCUT2D eigenvalue weighted by atomic mass is 9.84. The summed E-state index contributed by atoms with van der Waals surface area (Å²) in [6.07, 6.45) is 0.212. The second-order valence-electron chi connectivity index (χ2n) is 19.8. The summed E-state index contributed by atoms with van der Waals surface area (Å²) in [7, 11) is 9.08. The Bertz CT molecular complexity index is 2730. The molecule has 4 nitrogen and oxygen atoms in total. The first-order chi connectivity index (χ1) is 29.9. The predicted octanol–water partition coefficient (Wildman–Crippen LogP) is 14.5. The SMILES string of the molecule is Cc1cc(C)c(C(C)C)c(C)c1-c1ccc(-c2c(C)cc(C)c(C3N(C)C(c4ccccc4)=C(c4ccc(C5=C(c6ccccc6)N(C)C(C(C)(C)C)N5C)cc4)N3C)c2C)cc1. The van der Waals surface area contributed by atoms with Crippen molar-refractivity contribution in [2.75, 3.05) is 28.2 Å². The van der Waals surface area contributed by atoms with Crippen LogP contribution >= 0.6 is 0 Å². The minimum Gasteiger partial charge on any atom is -0.352 e. The molecule has 2 unspecified atom stereocenters. The van der Waals surface area contributed by atoms with Crippen LogP contribution in [0.3, 0.4) is 0 Å². The van der Waals surface area contributed by atoms with E-state index in [2.05, 4.69) is 245 Å². The molecule has 0 amide bonds. The van der Waals surface area contributed by atoms with Crippen molar-refractivity contribution < 1.29 is 0 Å². The molecule has 2 aliphatic rings. The topological polar surface area (TPSA) is 13.0 Å². The van der Waals surface area contributed by atoms with Crippen LogP contribution in [-0.2, 0) is 0 Å². The van der Waals surface area contributed by atoms with E-state index in [1.54, 1.807) is 0 Å². The van der Waals surface area contributed by atoms with E-state index in [4.69, 9.17) is 0 Å². The summed E-state index contributed by atoms with van der Waals surface area (Å²) in [6, 6.07) is 45.4. The van der Waals surface area contributed by atoms with Gasteiger partial charge in [0, 0.05) is 55.9 Å². The molecule has 0 bridgehead atoms. The Kier molecular flexibility index (Phi) is 11.5. The van der Waals surface area contributed by atoms with Gasteiger partial charge < -0.3 is 19.6 Å². The normalized spacial score (nSPS) is 17.0. The van der Waals surface area contributed by atoms with Crippen molar-refractivity contribution in [2.45, 2.75) is 94.4 Å². The van der Waals surface area contributed by atoms with Crippen LogP contribution in [0.2, 0.25) is 0 Å². The second kappa shape index (κ2) is 16.6. The Morgan fingerprint density at radius 2 is 0.762 bits per heavy atom. The van der Waals surface area contributed by atoms with Crippen LogP contribution in [0.4, 0.5) is 0 Å². The number of nitrogens with zero attached hydrogens (tertiary/aromatic N) is 4. The zero-order valence-electron chi connectivity index (χ0n) is 40.6. The van der Waals surface area contributed by atoms with Gasteiger partial charge in [-0.05, 0) is 114 Å². The molecule has 0 fully saturated rings. The average Bonchev–Trinajstić information content (AvgIpc) is 3.65. The van der Waals surface area contributed by atoms with E-state index < -0.39 is 0 Å². The number of benzene rings is 6. The monoisotopic (exact) mass is 833 g/mol. The van der Waals surface area contributed by atoms with E-state index >= 15 is 0 Å². The number of hydrogen-bond donors (Lipinski definition) is 0. The maximum atomic E-state index is 2.52. The zero-order chi connectivity index (χ0) is 45.2. The highest BCUT2D eigenvalue weighted by molar-refractivity contribution is 5.94. The maximum absolute atomic E-state index is 2.52. The van der Waals surface area contributed by atoms with E-state index in [-0.39, 0.29) is 17.7 Å². The Morgan fingerprint density at radius 3 is 1.16 bits per heavy atom. The molecular weight excluding hydrogens is 765 g/mol. The lowest BCUT2D eigenvalue weighted by molar-refractivity contribution is 0.0915. The van der Waals surface area contributed by atoms with Gasteiger partial charge in [-0.25, -0.2) is 0 Å². The number of aryl methyl sites for hydroxylation is 4. The molecule has 4 heteroatoms. The molecule has 2 atom stereocenters. The molecule has 2 heterocycles. The molecule has 6 aromatic carbocycles. The first kappa shape index (κ1) is 43.6. The average molecular weight is 833 g/mol. The molecule has 324 valence electrons. The van der Waals surface area contributed by atoms with Crippen molar-refractivity contribution in [3.05, 3.63) is 188 Å². The summed E-state index contributed by atoms with van der Waals surface area (Å²) < 4.78 is 0. The highest BCUT2D eigenvalue weighted by atomic mass is 15.4. The smallest absolute Gasteiger partial charge is 0.128 e. The predicted molar refractivity (Wildman–Crippen MR) is 270 cm³/mol.